The first kappa shape index (κ1) is 8.62. The predicted octanol–water partition coefficient (Wildman–Crippen LogP) is 2.71. The third kappa shape index (κ3) is 0.872. The fourth-order valence-electron chi connectivity index (χ4n) is 3.42. The second-order valence-electron chi connectivity index (χ2n) is 4.86. The van der Waals surface area contributed by atoms with Gasteiger partial charge in [-0.05, 0) is 31.4 Å². The van der Waals surface area contributed by atoms with Crippen LogP contribution in [0.2, 0.25) is 0 Å². The zero-order chi connectivity index (χ0) is 10.7. The minimum Gasteiger partial charge on any atom is -0.493 e. The van der Waals surface area contributed by atoms with E-state index < -0.39 is 0 Å². The molecule has 0 N–H and O–H groups in total. The van der Waals surface area contributed by atoms with E-state index in [1.807, 2.05) is 12.1 Å². The Morgan fingerprint density at radius 3 is 3.12 bits per heavy atom. The number of methoxy groups -OCH3 is 1. The zero-order valence-electron chi connectivity index (χ0n) is 9.31. The van der Waals surface area contributed by atoms with E-state index in [-0.39, 0.29) is 0 Å². The highest BCUT2D eigenvalue weighted by Gasteiger charge is 2.41. The summed E-state index contributed by atoms with van der Waals surface area (Å²) < 4.78 is 7.61. The van der Waals surface area contributed by atoms with Crippen molar-refractivity contribution in [3.05, 3.63) is 29.7 Å². The summed E-state index contributed by atoms with van der Waals surface area (Å²) in [7, 11) is 1.71. The van der Waals surface area contributed by atoms with Gasteiger partial charge in [0.1, 0.15) is 0 Å². The molecule has 2 aliphatic carbocycles. The van der Waals surface area contributed by atoms with Crippen molar-refractivity contribution < 1.29 is 4.74 Å². The Morgan fingerprint density at radius 2 is 2.25 bits per heavy atom. The lowest BCUT2D eigenvalue weighted by Crippen LogP contribution is -1.99. The summed E-state index contributed by atoms with van der Waals surface area (Å²) in [5.41, 5.74) is 3.78. The highest BCUT2D eigenvalue weighted by molar-refractivity contribution is 5.58. The molecule has 0 aliphatic heterocycles. The summed E-state index contributed by atoms with van der Waals surface area (Å²) in [6, 6.07) is 4.03. The van der Waals surface area contributed by atoms with E-state index in [9.17, 15) is 0 Å². The molecule has 0 aromatic carbocycles. The lowest BCUT2D eigenvalue weighted by molar-refractivity contribution is 0.416. The van der Waals surface area contributed by atoms with Gasteiger partial charge in [0.25, 0.3) is 0 Å². The molecule has 82 valence electrons. The molecule has 2 heterocycles. The van der Waals surface area contributed by atoms with Crippen LogP contribution >= 0.6 is 0 Å². The highest BCUT2D eigenvalue weighted by Crippen LogP contribution is 2.53. The van der Waals surface area contributed by atoms with E-state index in [0.717, 1.165) is 17.3 Å². The lowest BCUT2D eigenvalue weighted by atomic mass is 10.0. The molecule has 4 rings (SSSR count). The average molecular weight is 214 g/mol. The maximum Gasteiger partial charge on any atom is 0.180 e. The Bertz CT molecular complexity index is 573. The SMILES string of the molecule is COc1cccn2c3c(nc12)C1CCC3C1. The minimum atomic E-state index is 0.713. The second-order valence-corrected chi connectivity index (χ2v) is 4.86. The van der Waals surface area contributed by atoms with Crippen LogP contribution in [-0.2, 0) is 0 Å². The summed E-state index contributed by atoms with van der Waals surface area (Å²) in [5.74, 6) is 2.34. The number of rotatable bonds is 1. The van der Waals surface area contributed by atoms with E-state index >= 15 is 0 Å². The third-order valence-corrected chi connectivity index (χ3v) is 4.11. The number of aromatic nitrogens is 2. The molecule has 3 heteroatoms. The summed E-state index contributed by atoms with van der Waals surface area (Å²) in [4.78, 5) is 4.78. The summed E-state index contributed by atoms with van der Waals surface area (Å²) in [5, 5.41) is 0. The van der Waals surface area contributed by atoms with Gasteiger partial charge in [0.05, 0.1) is 12.8 Å². The lowest BCUT2D eigenvalue weighted by Gasteiger charge is -2.09. The smallest absolute Gasteiger partial charge is 0.180 e. The van der Waals surface area contributed by atoms with Gasteiger partial charge in [0.15, 0.2) is 11.4 Å². The van der Waals surface area contributed by atoms with Crippen molar-refractivity contribution in [2.24, 2.45) is 0 Å². The number of pyridine rings is 1. The molecule has 16 heavy (non-hydrogen) atoms. The maximum absolute atomic E-state index is 5.37. The normalized spacial score (nSPS) is 26.3. The molecule has 2 aliphatic rings. The summed E-state index contributed by atoms with van der Waals surface area (Å²) in [6.45, 7) is 0. The van der Waals surface area contributed by atoms with Gasteiger partial charge in [-0.1, -0.05) is 0 Å². The first-order valence-electron chi connectivity index (χ1n) is 5.93. The van der Waals surface area contributed by atoms with Crippen LogP contribution in [0.3, 0.4) is 0 Å². The van der Waals surface area contributed by atoms with Crippen LogP contribution in [0.15, 0.2) is 18.3 Å². The molecule has 2 bridgehead atoms. The van der Waals surface area contributed by atoms with E-state index in [2.05, 4.69) is 10.6 Å². The van der Waals surface area contributed by atoms with Gasteiger partial charge < -0.3 is 9.14 Å². The monoisotopic (exact) mass is 214 g/mol. The number of imidazole rings is 1. The first-order valence-corrected chi connectivity index (χ1v) is 5.93. The molecule has 2 atom stereocenters. The van der Waals surface area contributed by atoms with Gasteiger partial charge in [-0.2, -0.15) is 0 Å². The molecule has 2 aromatic rings. The molecular formula is C13H14N2O. The van der Waals surface area contributed by atoms with Crippen LogP contribution in [-0.4, -0.2) is 16.5 Å². The maximum atomic E-state index is 5.37. The number of hydrogen-bond donors (Lipinski definition) is 0. The van der Waals surface area contributed by atoms with Crippen LogP contribution < -0.4 is 4.74 Å². The molecule has 0 radical (unpaired) electrons. The van der Waals surface area contributed by atoms with Crippen molar-refractivity contribution in [2.75, 3.05) is 7.11 Å². The Balaban J connectivity index is 2.07. The predicted molar refractivity (Wildman–Crippen MR) is 61.1 cm³/mol. The highest BCUT2D eigenvalue weighted by atomic mass is 16.5. The summed E-state index contributed by atoms with van der Waals surface area (Å²) in [6.07, 6.45) is 6.09. The Kier molecular flexibility index (Phi) is 1.50. The van der Waals surface area contributed by atoms with Crippen LogP contribution in [0.1, 0.15) is 42.5 Å². The van der Waals surface area contributed by atoms with Crippen molar-refractivity contribution in [3.8, 4) is 5.75 Å². The molecular weight excluding hydrogens is 200 g/mol. The van der Waals surface area contributed by atoms with Crippen LogP contribution in [0.4, 0.5) is 0 Å². The van der Waals surface area contributed by atoms with Gasteiger partial charge in [0, 0.05) is 23.7 Å². The topological polar surface area (TPSA) is 26.5 Å². The first-order chi connectivity index (χ1) is 7.88. The average Bonchev–Trinajstić information content (AvgIpc) is 2.98. The fraction of sp³-hybridized carbons (Fsp3) is 0.462. The standard InChI is InChI=1S/C13H14N2O/c1-16-10-3-2-6-15-12-9-5-4-8(7-9)11(12)14-13(10)15/h2-3,6,8-9H,4-5,7H2,1H3. The van der Waals surface area contributed by atoms with Gasteiger partial charge in [0.2, 0.25) is 0 Å². The van der Waals surface area contributed by atoms with Crippen LogP contribution in [0, 0.1) is 0 Å². The molecule has 0 spiro atoms. The van der Waals surface area contributed by atoms with Gasteiger partial charge in [-0.3, -0.25) is 0 Å². The largest absolute Gasteiger partial charge is 0.493 e. The molecule has 0 amide bonds. The van der Waals surface area contributed by atoms with Crippen molar-refractivity contribution >= 4 is 5.65 Å². The zero-order valence-corrected chi connectivity index (χ0v) is 9.31. The molecule has 2 unspecified atom stereocenters. The Labute approximate surface area is 94.1 Å². The van der Waals surface area contributed by atoms with E-state index in [0.29, 0.717) is 5.92 Å². The minimum absolute atomic E-state index is 0.713. The van der Waals surface area contributed by atoms with Crippen molar-refractivity contribution in [1.82, 2.24) is 9.38 Å². The number of ether oxygens (including phenoxy) is 1. The molecule has 3 nitrogen and oxygen atoms in total. The molecule has 1 fully saturated rings. The van der Waals surface area contributed by atoms with Gasteiger partial charge >= 0.3 is 0 Å². The van der Waals surface area contributed by atoms with Crippen molar-refractivity contribution in [2.45, 2.75) is 31.1 Å². The number of hydrogen-bond acceptors (Lipinski definition) is 2. The Morgan fingerprint density at radius 1 is 1.38 bits per heavy atom. The quantitative estimate of drug-likeness (QED) is 0.729. The van der Waals surface area contributed by atoms with Crippen molar-refractivity contribution in [1.29, 1.82) is 0 Å². The van der Waals surface area contributed by atoms with Gasteiger partial charge in [-0.15, -0.1) is 0 Å². The third-order valence-electron chi connectivity index (χ3n) is 4.11. The van der Waals surface area contributed by atoms with E-state index in [1.54, 1.807) is 7.11 Å². The number of nitrogens with zero attached hydrogens (tertiary/aromatic N) is 2. The van der Waals surface area contributed by atoms with Gasteiger partial charge in [-0.25, -0.2) is 4.98 Å². The second kappa shape index (κ2) is 2.78. The van der Waals surface area contributed by atoms with E-state index in [4.69, 9.17) is 9.72 Å². The number of fused-ring (bicyclic) bond motifs is 7. The van der Waals surface area contributed by atoms with Crippen LogP contribution in [0.25, 0.3) is 5.65 Å². The molecule has 2 aromatic heterocycles. The molecule has 0 saturated heterocycles. The van der Waals surface area contributed by atoms with Crippen molar-refractivity contribution in [3.63, 3.8) is 0 Å². The Hall–Kier alpha value is -1.51. The van der Waals surface area contributed by atoms with Crippen LogP contribution in [0.5, 0.6) is 5.75 Å². The fourth-order valence-corrected chi connectivity index (χ4v) is 3.42. The summed E-state index contributed by atoms with van der Waals surface area (Å²) >= 11 is 0. The van der Waals surface area contributed by atoms with E-state index in [1.165, 1.54) is 30.7 Å². The molecule has 1 saturated carbocycles.